The molecule has 0 radical (unpaired) electrons. The summed E-state index contributed by atoms with van der Waals surface area (Å²) in [5.41, 5.74) is 1.19. The molecule has 1 fully saturated rings. The van der Waals surface area contributed by atoms with Crippen LogP contribution in [0.4, 0.5) is 5.69 Å². The van der Waals surface area contributed by atoms with Crippen LogP contribution in [0, 0.1) is 3.57 Å². The molecule has 0 atom stereocenters. The smallest absolute Gasteiger partial charge is 0.119 e. The van der Waals surface area contributed by atoms with Gasteiger partial charge in [0.15, 0.2) is 0 Å². The van der Waals surface area contributed by atoms with Crippen molar-refractivity contribution >= 4 is 28.3 Å². The number of rotatable bonds is 9. The van der Waals surface area contributed by atoms with Gasteiger partial charge in [0.05, 0.1) is 0 Å². The molecule has 2 aromatic rings. The summed E-state index contributed by atoms with van der Waals surface area (Å²) in [6.07, 6.45) is 0. The normalized spacial score (nSPS) is 15.4. The summed E-state index contributed by atoms with van der Waals surface area (Å²) >= 11 is 2.31. The monoisotopic (exact) mass is 495 g/mol. The standard InChI is InChI=1S/C22H30IN3O2/c1-24(2)20-5-9-22(10-6-20)28-18-16-26-13-11-25(12-14-26)15-17-27-21-7-3-19(23)4-8-21/h3-10H,11-18H2,1-2H3. The van der Waals surface area contributed by atoms with Crippen molar-refractivity contribution in [2.75, 3.05) is 71.5 Å². The molecule has 1 heterocycles. The van der Waals surface area contributed by atoms with Crippen LogP contribution >= 0.6 is 22.6 Å². The summed E-state index contributed by atoms with van der Waals surface area (Å²) in [5.74, 6) is 1.90. The number of hydrogen-bond acceptors (Lipinski definition) is 5. The quantitative estimate of drug-likeness (QED) is 0.498. The van der Waals surface area contributed by atoms with E-state index < -0.39 is 0 Å². The Labute approximate surface area is 182 Å². The summed E-state index contributed by atoms with van der Waals surface area (Å²) < 4.78 is 13.0. The van der Waals surface area contributed by atoms with E-state index in [0.717, 1.165) is 64.0 Å². The summed E-state index contributed by atoms with van der Waals surface area (Å²) in [7, 11) is 4.09. The SMILES string of the molecule is CN(C)c1ccc(OCCN2CCN(CCOc3ccc(I)cc3)CC2)cc1. The molecule has 0 N–H and O–H groups in total. The molecule has 0 saturated carbocycles. The number of piperazine rings is 1. The summed E-state index contributed by atoms with van der Waals surface area (Å²) in [6.45, 7) is 7.79. The van der Waals surface area contributed by atoms with Gasteiger partial charge in [0.2, 0.25) is 0 Å². The van der Waals surface area contributed by atoms with E-state index in [1.54, 1.807) is 0 Å². The van der Waals surface area contributed by atoms with E-state index in [-0.39, 0.29) is 0 Å². The lowest BCUT2D eigenvalue weighted by molar-refractivity contribution is 0.105. The first-order valence-electron chi connectivity index (χ1n) is 9.83. The van der Waals surface area contributed by atoms with Gasteiger partial charge in [0, 0.05) is 62.6 Å². The van der Waals surface area contributed by atoms with E-state index in [9.17, 15) is 0 Å². The second-order valence-corrected chi connectivity index (χ2v) is 8.47. The van der Waals surface area contributed by atoms with Crippen LogP contribution in [0.5, 0.6) is 11.5 Å². The van der Waals surface area contributed by atoms with Crippen LogP contribution in [0.15, 0.2) is 48.5 Å². The molecule has 0 bridgehead atoms. The van der Waals surface area contributed by atoms with Crippen LogP contribution in [0.1, 0.15) is 0 Å². The van der Waals surface area contributed by atoms with Gasteiger partial charge in [-0.05, 0) is 71.1 Å². The lowest BCUT2D eigenvalue weighted by atomic mass is 10.3. The number of nitrogens with zero attached hydrogens (tertiary/aromatic N) is 3. The minimum absolute atomic E-state index is 0.733. The van der Waals surface area contributed by atoms with Crippen molar-refractivity contribution in [3.63, 3.8) is 0 Å². The largest absolute Gasteiger partial charge is 0.492 e. The van der Waals surface area contributed by atoms with Gasteiger partial charge < -0.3 is 14.4 Å². The van der Waals surface area contributed by atoms with Crippen LogP contribution < -0.4 is 14.4 Å². The Morgan fingerprint density at radius 1 is 0.750 bits per heavy atom. The number of hydrogen-bond donors (Lipinski definition) is 0. The van der Waals surface area contributed by atoms with E-state index in [1.807, 2.05) is 38.4 Å². The predicted octanol–water partition coefficient (Wildman–Crippen LogP) is 3.43. The van der Waals surface area contributed by atoms with Crippen molar-refractivity contribution in [2.45, 2.75) is 0 Å². The molecule has 152 valence electrons. The second kappa shape index (κ2) is 10.9. The fraction of sp³-hybridized carbons (Fsp3) is 0.455. The van der Waals surface area contributed by atoms with E-state index in [4.69, 9.17) is 9.47 Å². The molecular formula is C22H30IN3O2. The molecule has 0 aromatic heterocycles. The van der Waals surface area contributed by atoms with Gasteiger partial charge in [0.1, 0.15) is 24.7 Å². The lowest BCUT2D eigenvalue weighted by Gasteiger charge is -2.34. The highest BCUT2D eigenvalue weighted by atomic mass is 127. The maximum absolute atomic E-state index is 5.90. The zero-order valence-electron chi connectivity index (χ0n) is 16.8. The topological polar surface area (TPSA) is 28.2 Å². The second-order valence-electron chi connectivity index (χ2n) is 7.22. The highest BCUT2D eigenvalue weighted by Gasteiger charge is 2.16. The van der Waals surface area contributed by atoms with Crippen molar-refractivity contribution < 1.29 is 9.47 Å². The zero-order chi connectivity index (χ0) is 19.8. The molecule has 1 aliphatic rings. The lowest BCUT2D eigenvalue weighted by Crippen LogP contribution is -2.48. The average molecular weight is 495 g/mol. The number of anilines is 1. The van der Waals surface area contributed by atoms with Gasteiger partial charge in [-0.15, -0.1) is 0 Å². The molecule has 28 heavy (non-hydrogen) atoms. The molecular weight excluding hydrogens is 465 g/mol. The first-order chi connectivity index (χ1) is 13.6. The maximum Gasteiger partial charge on any atom is 0.119 e. The molecule has 2 aromatic carbocycles. The van der Waals surface area contributed by atoms with Crippen molar-refractivity contribution in [1.82, 2.24) is 9.80 Å². The minimum atomic E-state index is 0.733. The molecule has 1 aliphatic heterocycles. The molecule has 0 amide bonds. The first-order valence-corrected chi connectivity index (χ1v) is 10.9. The van der Waals surface area contributed by atoms with Crippen molar-refractivity contribution in [3.05, 3.63) is 52.1 Å². The third-order valence-corrected chi connectivity index (χ3v) is 5.70. The Morgan fingerprint density at radius 3 is 1.61 bits per heavy atom. The fourth-order valence-corrected chi connectivity index (χ4v) is 3.55. The van der Waals surface area contributed by atoms with Gasteiger partial charge in [-0.3, -0.25) is 9.80 Å². The number of halogens is 1. The van der Waals surface area contributed by atoms with Gasteiger partial charge in [-0.1, -0.05) is 0 Å². The zero-order valence-corrected chi connectivity index (χ0v) is 19.0. The first kappa shape index (κ1) is 21.2. The summed E-state index contributed by atoms with van der Waals surface area (Å²) in [6, 6.07) is 16.5. The van der Waals surface area contributed by atoms with Crippen LogP contribution in [0.2, 0.25) is 0 Å². The predicted molar refractivity (Wildman–Crippen MR) is 124 cm³/mol. The Hall–Kier alpha value is -1.51. The third-order valence-electron chi connectivity index (χ3n) is 4.98. The average Bonchev–Trinajstić information content (AvgIpc) is 2.71. The highest BCUT2D eigenvalue weighted by Crippen LogP contribution is 2.17. The summed E-state index contributed by atoms with van der Waals surface area (Å²) in [5, 5.41) is 0. The Morgan fingerprint density at radius 2 is 1.18 bits per heavy atom. The van der Waals surface area contributed by atoms with Crippen molar-refractivity contribution in [1.29, 1.82) is 0 Å². The molecule has 0 unspecified atom stereocenters. The molecule has 0 aliphatic carbocycles. The Kier molecular flexibility index (Phi) is 8.24. The highest BCUT2D eigenvalue weighted by molar-refractivity contribution is 14.1. The molecule has 1 saturated heterocycles. The van der Waals surface area contributed by atoms with E-state index in [1.165, 1.54) is 9.26 Å². The van der Waals surface area contributed by atoms with Crippen LogP contribution in [-0.4, -0.2) is 76.4 Å². The van der Waals surface area contributed by atoms with Crippen LogP contribution in [0.25, 0.3) is 0 Å². The Balaban J connectivity index is 1.28. The number of benzene rings is 2. The van der Waals surface area contributed by atoms with E-state index in [0.29, 0.717) is 0 Å². The molecule has 6 heteroatoms. The minimum Gasteiger partial charge on any atom is -0.492 e. The van der Waals surface area contributed by atoms with Gasteiger partial charge in [0.25, 0.3) is 0 Å². The number of ether oxygens (including phenoxy) is 2. The van der Waals surface area contributed by atoms with Crippen molar-refractivity contribution in [3.8, 4) is 11.5 Å². The van der Waals surface area contributed by atoms with Gasteiger partial charge in [-0.2, -0.15) is 0 Å². The fourth-order valence-electron chi connectivity index (χ4n) is 3.19. The van der Waals surface area contributed by atoms with E-state index in [2.05, 4.69) is 61.6 Å². The van der Waals surface area contributed by atoms with E-state index >= 15 is 0 Å². The third kappa shape index (κ3) is 6.83. The van der Waals surface area contributed by atoms with Crippen molar-refractivity contribution in [2.24, 2.45) is 0 Å². The molecule has 3 rings (SSSR count). The van der Waals surface area contributed by atoms with Crippen LogP contribution in [0.3, 0.4) is 0 Å². The van der Waals surface area contributed by atoms with Gasteiger partial charge >= 0.3 is 0 Å². The summed E-state index contributed by atoms with van der Waals surface area (Å²) in [4.78, 5) is 7.05. The maximum atomic E-state index is 5.90. The Bertz CT molecular complexity index is 699. The van der Waals surface area contributed by atoms with Gasteiger partial charge in [-0.25, -0.2) is 0 Å². The molecule has 5 nitrogen and oxygen atoms in total. The van der Waals surface area contributed by atoms with Crippen LogP contribution in [-0.2, 0) is 0 Å². The molecule has 0 spiro atoms.